The van der Waals surface area contributed by atoms with E-state index in [-0.39, 0.29) is 0 Å². The lowest BCUT2D eigenvalue weighted by Crippen LogP contribution is -2.32. The summed E-state index contributed by atoms with van der Waals surface area (Å²) in [7, 11) is 0. The Morgan fingerprint density at radius 1 is 0.893 bits per heavy atom. The van der Waals surface area contributed by atoms with E-state index in [0.717, 1.165) is 41.4 Å². The minimum atomic E-state index is -0.668. The molecular formula is C23H29N3O2. The van der Waals surface area contributed by atoms with Crippen LogP contribution in [-0.4, -0.2) is 24.9 Å². The van der Waals surface area contributed by atoms with Gasteiger partial charge in [0.05, 0.1) is 0 Å². The van der Waals surface area contributed by atoms with E-state index in [1.54, 1.807) is 0 Å². The number of amides is 2. The van der Waals surface area contributed by atoms with Crippen LogP contribution in [-0.2, 0) is 9.59 Å². The molecule has 0 spiro atoms. The van der Waals surface area contributed by atoms with Crippen molar-refractivity contribution < 1.29 is 9.59 Å². The Hall–Kier alpha value is -2.82. The number of rotatable bonds is 3. The quantitative estimate of drug-likeness (QED) is 0.776. The summed E-state index contributed by atoms with van der Waals surface area (Å²) in [6, 6.07) is 11.7. The number of carbonyl (C=O) groups excluding carboxylic acids is 2. The molecule has 1 heterocycles. The van der Waals surface area contributed by atoms with Gasteiger partial charge >= 0.3 is 11.8 Å². The lowest BCUT2D eigenvalue weighted by Gasteiger charge is -2.32. The van der Waals surface area contributed by atoms with Crippen molar-refractivity contribution in [3.63, 3.8) is 0 Å². The lowest BCUT2D eigenvalue weighted by molar-refractivity contribution is -0.133. The van der Waals surface area contributed by atoms with E-state index in [4.69, 9.17) is 0 Å². The lowest BCUT2D eigenvalue weighted by atomic mass is 9.99. The average Bonchev–Trinajstić information content (AvgIpc) is 2.65. The van der Waals surface area contributed by atoms with Gasteiger partial charge in [0.1, 0.15) is 0 Å². The van der Waals surface area contributed by atoms with Crippen LogP contribution in [0.1, 0.15) is 36.5 Å². The number of benzene rings is 2. The fourth-order valence-electron chi connectivity index (χ4n) is 3.76. The third kappa shape index (κ3) is 4.71. The Bertz CT molecular complexity index is 843. The second-order valence-corrected chi connectivity index (χ2v) is 7.90. The number of nitrogens with zero attached hydrogens (tertiary/aromatic N) is 1. The molecule has 1 saturated heterocycles. The third-order valence-electron chi connectivity index (χ3n) is 5.40. The maximum Gasteiger partial charge on any atom is 0.314 e. The zero-order chi connectivity index (χ0) is 20.3. The molecule has 5 heteroatoms. The fraction of sp³-hybridized carbons (Fsp3) is 0.391. The molecule has 1 aliphatic heterocycles. The summed E-state index contributed by atoms with van der Waals surface area (Å²) < 4.78 is 0. The molecule has 0 radical (unpaired) electrons. The van der Waals surface area contributed by atoms with Crippen LogP contribution in [0.4, 0.5) is 17.1 Å². The van der Waals surface area contributed by atoms with Crippen LogP contribution in [0.15, 0.2) is 36.4 Å². The Balaban J connectivity index is 1.60. The first kappa shape index (κ1) is 19.9. The molecule has 2 aromatic rings. The van der Waals surface area contributed by atoms with Crippen LogP contribution in [0.3, 0.4) is 0 Å². The van der Waals surface area contributed by atoms with Crippen LogP contribution < -0.4 is 15.5 Å². The molecule has 5 nitrogen and oxygen atoms in total. The van der Waals surface area contributed by atoms with Gasteiger partial charge in [-0.1, -0.05) is 24.6 Å². The van der Waals surface area contributed by atoms with Crippen molar-refractivity contribution in [2.75, 3.05) is 28.6 Å². The number of hydrogen-bond donors (Lipinski definition) is 2. The van der Waals surface area contributed by atoms with Gasteiger partial charge in [0.15, 0.2) is 0 Å². The zero-order valence-corrected chi connectivity index (χ0v) is 17.1. The molecule has 0 bridgehead atoms. The van der Waals surface area contributed by atoms with E-state index in [0.29, 0.717) is 11.4 Å². The number of aryl methyl sites for hydroxylation is 3. The highest BCUT2D eigenvalue weighted by Crippen LogP contribution is 2.25. The molecule has 2 aromatic carbocycles. The Morgan fingerprint density at radius 3 is 2.00 bits per heavy atom. The van der Waals surface area contributed by atoms with Gasteiger partial charge in [0, 0.05) is 30.2 Å². The van der Waals surface area contributed by atoms with Crippen molar-refractivity contribution in [3.8, 4) is 0 Å². The van der Waals surface area contributed by atoms with Gasteiger partial charge in [0.25, 0.3) is 0 Å². The number of carbonyl (C=O) groups is 2. The normalized spacial score (nSPS) is 14.6. The molecule has 2 N–H and O–H groups in total. The van der Waals surface area contributed by atoms with Crippen molar-refractivity contribution >= 4 is 28.9 Å². The van der Waals surface area contributed by atoms with Crippen molar-refractivity contribution in [2.45, 2.75) is 40.5 Å². The zero-order valence-electron chi connectivity index (χ0n) is 17.1. The molecule has 1 fully saturated rings. The first-order chi connectivity index (χ1) is 13.3. The highest BCUT2D eigenvalue weighted by Gasteiger charge is 2.18. The molecule has 1 aliphatic rings. The molecular weight excluding hydrogens is 350 g/mol. The molecule has 2 amide bonds. The smallest absolute Gasteiger partial charge is 0.314 e. The average molecular weight is 380 g/mol. The summed E-state index contributed by atoms with van der Waals surface area (Å²) in [5.74, 6) is -0.544. The molecule has 0 saturated carbocycles. The maximum absolute atomic E-state index is 12.3. The van der Waals surface area contributed by atoms with Crippen LogP contribution in [0, 0.1) is 26.7 Å². The summed E-state index contributed by atoms with van der Waals surface area (Å²) in [6.45, 7) is 10.3. The van der Waals surface area contributed by atoms with Crippen LogP contribution in [0.5, 0.6) is 0 Å². The SMILES string of the molecule is Cc1cc(C)c(NC(=O)C(=O)Nc2ccc(N3CCC(C)CC3)cc2)c(C)c1. The highest BCUT2D eigenvalue weighted by atomic mass is 16.2. The fourth-order valence-corrected chi connectivity index (χ4v) is 3.76. The monoisotopic (exact) mass is 379 g/mol. The van der Waals surface area contributed by atoms with Gasteiger partial charge < -0.3 is 15.5 Å². The van der Waals surface area contributed by atoms with Crippen LogP contribution in [0.25, 0.3) is 0 Å². The molecule has 3 rings (SSSR count). The second kappa shape index (κ2) is 8.46. The number of hydrogen-bond acceptors (Lipinski definition) is 3. The highest BCUT2D eigenvalue weighted by molar-refractivity contribution is 6.43. The Morgan fingerprint density at radius 2 is 1.43 bits per heavy atom. The summed E-state index contributed by atoms with van der Waals surface area (Å²) in [4.78, 5) is 27.0. The molecule has 0 unspecified atom stereocenters. The summed E-state index contributed by atoms with van der Waals surface area (Å²) in [5.41, 5.74) is 5.48. The predicted molar refractivity (Wildman–Crippen MR) is 115 cm³/mol. The number of nitrogens with one attached hydrogen (secondary N) is 2. The summed E-state index contributed by atoms with van der Waals surface area (Å²) in [6.07, 6.45) is 2.41. The van der Waals surface area contributed by atoms with Gasteiger partial charge in [-0.2, -0.15) is 0 Å². The minimum absolute atomic E-state index is 0.617. The molecule has 0 aromatic heterocycles. The van der Waals surface area contributed by atoms with Gasteiger partial charge in [-0.05, 0) is 74.9 Å². The Labute approximate surface area is 167 Å². The van der Waals surface area contributed by atoms with E-state index < -0.39 is 11.8 Å². The van der Waals surface area contributed by atoms with Crippen molar-refractivity contribution in [2.24, 2.45) is 5.92 Å². The first-order valence-electron chi connectivity index (χ1n) is 9.88. The van der Waals surface area contributed by atoms with Gasteiger partial charge in [-0.25, -0.2) is 0 Å². The van der Waals surface area contributed by atoms with Gasteiger partial charge in [-0.15, -0.1) is 0 Å². The van der Waals surface area contributed by atoms with Gasteiger partial charge in [-0.3, -0.25) is 9.59 Å². The van der Waals surface area contributed by atoms with Crippen LogP contribution >= 0.6 is 0 Å². The minimum Gasteiger partial charge on any atom is -0.372 e. The topological polar surface area (TPSA) is 61.4 Å². The third-order valence-corrected chi connectivity index (χ3v) is 5.40. The Kier molecular flexibility index (Phi) is 6.02. The van der Waals surface area contributed by atoms with Crippen molar-refractivity contribution in [1.29, 1.82) is 0 Å². The summed E-state index contributed by atoms with van der Waals surface area (Å²) in [5, 5.41) is 5.41. The van der Waals surface area contributed by atoms with E-state index in [9.17, 15) is 9.59 Å². The maximum atomic E-state index is 12.3. The largest absolute Gasteiger partial charge is 0.372 e. The van der Waals surface area contributed by atoms with E-state index >= 15 is 0 Å². The first-order valence-corrected chi connectivity index (χ1v) is 9.88. The molecule has 0 aliphatic carbocycles. The second-order valence-electron chi connectivity index (χ2n) is 7.90. The van der Waals surface area contributed by atoms with E-state index in [2.05, 4.69) is 22.5 Å². The van der Waals surface area contributed by atoms with Crippen molar-refractivity contribution in [1.82, 2.24) is 0 Å². The standard InChI is InChI=1S/C23H29N3O2/c1-15-9-11-26(12-10-15)20-7-5-19(6-8-20)24-22(27)23(28)25-21-17(3)13-16(2)14-18(21)4/h5-8,13-15H,9-12H2,1-4H3,(H,24,27)(H,25,28). The molecule has 28 heavy (non-hydrogen) atoms. The van der Waals surface area contributed by atoms with E-state index in [1.165, 1.54) is 12.8 Å². The van der Waals surface area contributed by atoms with E-state index in [1.807, 2.05) is 57.2 Å². The predicted octanol–water partition coefficient (Wildman–Crippen LogP) is 4.43. The van der Waals surface area contributed by atoms with Crippen molar-refractivity contribution in [3.05, 3.63) is 53.1 Å². The molecule has 148 valence electrons. The number of piperidine rings is 1. The molecule has 0 atom stereocenters. The number of anilines is 3. The van der Waals surface area contributed by atoms with Gasteiger partial charge in [0.2, 0.25) is 0 Å². The van der Waals surface area contributed by atoms with Crippen LogP contribution in [0.2, 0.25) is 0 Å². The summed E-state index contributed by atoms with van der Waals surface area (Å²) >= 11 is 0.